The number of rotatable bonds is 3. The topological polar surface area (TPSA) is 28.2 Å². The number of hydrogen-bond donors (Lipinski definition) is 1. The van der Waals surface area contributed by atoms with Crippen LogP contribution >= 0.6 is 11.6 Å². The third kappa shape index (κ3) is 2.66. The van der Waals surface area contributed by atoms with Crippen LogP contribution in [0.4, 0.5) is 5.69 Å². The molecule has 0 aliphatic carbocycles. The summed E-state index contributed by atoms with van der Waals surface area (Å²) in [4.78, 5) is 6.37. The van der Waals surface area contributed by atoms with Gasteiger partial charge in [-0.3, -0.25) is 4.98 Å². The zero-order valence-corrected chi connectivity index (χ0v) is 10.4. The Morgan fingerprint density at radius 3 is 2.88 bits per heavy atom. The Hall–Kier alpha value is -0.800. The average molecular weight is 240 g/mol. The second-order valence-electron chi connectivity index (χ2n) is 4.32. The maximum atomic E-state index is 6.14. The van der Waals surface area contributed by atoms with Crippen molar-refractivity contribution in [3.8, 4) is 0 Å². The van der Waals surface area contributed by atoms with Gasteiger partial charge in [-0.15, -0.1) is 0 Å². The van der Waals surface area contributed by atoms with Crippen molar-refractivity contribution >= 4 is 17.3 Å². The number of halogens is 1. The summed E-state index contributed by atoms with van der Waals surface area (Å²) in [5, 5.41) is 4.01. The van der Waals surface area contributed by atoms with Gasteiger partial charge >= 0.3 is 0 Å². The quantitative estimate of drug-likeness (QED) is 0.877. The molecule has 1 N–H and O–H groups in total. The van der Waals surface area contributed by atoms with E-state index in [1.807, 2.05) is 13.1 Å². The van der Waals surface area contributed by atoms with Gasteiger partial charge in [-0.05, 0) is 38.4 Å². The molecule has 0 aromatic carbocycles. The van der Waals surface area contributed by atoms with Gasteiger partial charge in [0.25, 0.3) is 0 Å². The van der Waals surface area contributed by atoms with Crippen molar-refractivity contribution in [2.75, 3.05) is 31.6 Å². The summed E-state index contributed by atoms with van der Waals surface area (Å²) in [5.74, 6) is 0.807. The minimum atomic E-state index is 0.759. The molecule has 0 atom stereocenters. The van der Waals surface area contributed by atoms with Crippen molar-refractivity contribution in [3.63, 3.8) is 0 Å². The smallest absolute Gasteiger partial charge is 0.0822 e. The van der Waals surface area contributed by atoms with Gasteiger partial charge in [-0.1, -0.05) is 11.6 Å². The van der Waals surface area contributed by atoms with E-state index in [9.17, 15) is 0 Å². The highest BCUT2D eigenvalue weighted by molar-refractivity contribution is 6.33. The third-order valence-corrected chi connectivity index (χ3v) is 3.49. The van der Waals surface area contributed by atoms with Crippen LogP contribution in [0.15, 0.2) is 18.5 Å². The molecule has 1 aromatic rings. The first-order chi connectivity index (χ1) is 7.81. The molecule has 0 amide bonds. The van der Waals surface area contributed by atoms with Gasteiger partial charge in [0.1, 0.15) is 0 Å². The lowest BCUT2D eigenvalue weighted by molar-refractivity contribution is 0.393. The van der Waals surface area contributed by atoms with Crippen LogP contribution in [-0.2, 0) is 0 Å². The van der Waals surface area contributed by atoms with Crippen molar-refractivity contribution in [2.24, 2.45) is 5.92 Å². The lowest BCUT2D eigenvalue weighted by Crippen LogP contribution is -2.36. The van der Waals surface area contributed by atoms with E-state index < -0.39 is 0 Å². The Labute approximate surface area is 102 Å². The third-order valence-electron chi connectivity index (χ3n) is 3.20. The Balaban J connectivity index is 1.96. The monoisotopic (exact) mass is 239 g/mol. The van der Waals surface area contributed by atoms with Crippen LogP contribution in [0, 0.1) is 5.92 Å². The SMILES string of the molecule is CNCC1CCN(c2ccncc2Cl)CC1. The van der Waals surface area contributed by atoms with E-state index >= 15 is 0 Å². The zero-order valence-electron chi connectivity index (χ0n) is 9.62. The minimum absolute atomic E-state index is 0.759. The van der Waals surface area contributed by atoms with Crippen molar-refractivity contribution in [1.82, 2.24) is 10.3 Å². The predicted molar refractivity (Wildman–Crippen MR) is 68.1 cm³/mol. The Bertz CT molecular complexity index is 335. The number of pyridine rings is 1. The number of nitrogens with zero attached hydrogens (tertiary/aromatic N) is 2. The van der Waals surface area contributed by atoms with E-state index in [1.54, 1.807) is 12.4 Å². The second kappa shape index (κ2) is 5.51. The normalized spacial score (nSPS) is 17.8. The highest BCUT2D eigenvalue weighted by atomic mass is 35.5. The van der Waals surface area contributed by atoms with Crippen LogP contribution in [0.3, 0.4) is 0 Å². The van der Waals surface area contributed by atoms with Crippen LogP contribution in [0.1, 0.15) is 12.8 Å². The van der Waals surface area contributed by atoms with E-state index in [0.29, 0.717) is 0 Å². The van der Waals surface area contributed by atoms with Gasteiger partial charge in [0.15, 0.2) is 0 Å². The summed E-state index contributed by atoms with van der Waals surface area (Å²) in [6.07, 6.45) is 6.00. The summed E-state index contributed by atoms with van der Waals surface area (Å²) >= 11 is 6.14. The minimum Gasteiger partial charge on any atom is -0.370 e. The Morgan fingerprint density at radius 2 is 2.25 bits per heavy atom. The first-order valence-electron chi connectivity index (χ1n) is 5.80. The summed E-state index contributed by atoms with van der Waals surface area (Å²) in [6, 6.07) is 2.00. The molecule has 2 heterocycles. The summed E-state index contributed by atoms with van der Waals surface area (Å²) in [5.41, 5.74) is 1.12. The van der Waals surface area contributed by atoms with Gasteiger partial charge < -0.3 is 10.2 Å². The summed E-state index contributed by atoms with van der Waals surface area (Å²) in [6.45, 7) is 3.31. The van der Waals surface area contributed by atoms with Crippen LogP contribution in [0.2, 0.25) is 5.02 Å². The van der Waals surface area contributed by atoms with E-state index in [-0.39, 0.29) is 0 Å². The molecule has 1 aromatic heterocycles. The summed E-state index contributed by atoms with van der Waals surface area (Å²) < 4.78 is 0. The Morgan fingerprint density at radius 1 is 1.50 bits per heavy atom. The van der Waals surface area contributed by atoms with Crippen molar-refractivity contribution in [2.45, 2.75) is 12.8 Å². The van der Waals surface area contributed by atoms with Crippen molar-refractivity contribution in [1.29, 1.82) is 0 Å². The van der Waals surface area contributed by atoms with Crippen LogP contribution in [0.5, 0.6) is 0 Å². The predicted octanol–water partition coefficient (Wildman–Crippen LogP) is 2.17. The molecule has 3 nitrogen and oxygen atoms in total. The molecule has 0 spiro atoms. The molecule has 88 valence electrons. The highest BCUT2D eigenvalue weighted by Gasteiger charge is 2.19. The van der Waals surface area contributed by atoms with Gasteiger partial charge in [0.2, 0.25) is 0 Å². The molecule has 1 aliphatic rings. The average Bonchev–Trinajstić information content (AvgIpc) is 2.31. The number of hydrogen-bond acceptors (Lipinski definition) is 3. The maximum Gasteiger partial charge on any atom is 0.0822 e. The molecular weight excluding hydrogens is 222 g/mol. The first kappa shape index (κ1) is 11.7. The molecule has 16 heavy (non-hydrogen) atoms. The van der Waals surface area contributed by atoms with Crippen LogP contribution < -0.4 is 10.2 Å². The lowest BCUT2D eigenvalue weighted by Gasteiger charge is -2.33. The first-order valence-corrected chi connectivity index (χ1v) is 6.18. The van der Waals surface area contributed by atoms with E-state index in [1.165, 1.54) is 12.8 Å². The molecule has 0 bridgehead atoms. The molecular formula is C12H18ClN3. The second-order valence-corrected chi connectivity index (χ2v) is 4.72. The fraction of sp³-hybridized carbons (Fsp3) is 0.583. The molecule has 0 radical (unpaired) electrons. The zero-order chi connectivity index (χ0) is 11.4. The van der Waals surface area contributed by atoms with E-state index in [4.69, 9.17) is 11.6 Å². The van der Waals surface area contributed by atoms with Gasteiger partial charge in [0.05, 0.1) is 10.7 Å². The fourth-order valence-corrected chi connectivity index (χ4v) is 2.53. The maximum absolute atomic E-state index is 6.14. The number of aromatic nitrogens is 1. The molecule has 1 aliphatic heterocycles. The molecule has 1 saturated heterocycles. The van der Waals surface area contributed by atoms with Gasteiger partial charge in [-0.25, -0.2) is 0 Å². The largest absolute Gasteiger partial charge is 0.370 e. The van der Waals surface area contributed by atoms with Gasteiger partial charge in [-0.2, -0.15) is 0 Å². The fourth-order valence-electron chi connectivity index (χ4n) is 2.29. The molecule has 2 rings (SSSR count). The van der Waals surface area contributed by atoms with E-state index in [2.05, 4.69) is 15.2 Å². The molecule has 1 fully saturated rings. The number of piperidine rings is 1. The van der Waals surface area contributed by atoms with Crippen LogP contribution in [-0.4, -0.2) is 31.7 Å². The molecule has 0 saturated carbocycles. The van der Waals surface area contributed by atoms with Crippen LogP contribution in [0.25, 0.3) is 0 Å². The van der Waals surface area contributed by atoms with Gasteiger partial charge in [0, 0.05) is 25.5 Å². The lowest BCUT2D eigenvalue weighted by atomic mass is 9.96. The molecule has 0 unspecified atom stereocenters. The standard InChI is InChI=1S/C12H18ClN3/c1-14-8-10-3-6-16(7-4-10)12-2-5-15-9-11(12)13/h2,5,9-10,14H,3-4,6-8H2,1H3. The van der Waals surface area contributed by atoms with Crippen molar-refractivity contribution in [3.05, 3.63) is 23.5 Å². The number of nitrogens with one attached hydrogen (secondary N) is 1. The highest BCUT2D eigenvalue weighted by Crippen LogP contribution is 2.28. The van der Waals surface area contributed by atoms with Crippen molar-refractivity contribution < 1.29 is 0 Å². The molecule has 4 heteroatoms. The number of anilines is 1. The Kier molecular flexibility index (Phi) is 4.02. The van der Waals surface area contributed by atoms with E-state index in [0.717, 1.165) is 36.3 Å². The summed E-state index contributed by atoms with van der Waals surface area (Å²) in [7, 11) is 2.02.